The number of sulfonamides is 1. The predicted molar refractivity (Wildman–Crippen MR) is 104 cm³/mol. The van der Waals surface area contributed by atoms with Crippen LogP contribution in [0.1, 0.15) is 5.01 Å². The van der Waals surface area contributed by atoms with Crippen molar-refractivity contribution in [2.24, 2.45) is 4.40 Å². The van der Waals surface area contributed by atoms with E-state index in [1.807, 2.05) is 5.38 Å². The summed E-state index contributed by atoms with van der Waals surface area (Å²) in [4.78, 5) is 4.13. The third-order valence-electron chi connectivity index (χ3n) is 3.89. The van der Waals surface area contributed by atoms with Gasteiger partial charge in [-0.2, -0.15) is 8.42 Å². The minimum atomic E-state index is -3.93. The van der Waals surface area contributed by atoms with Crippen molar-refractivity contribution in [3.63, 3.8) is 0 Å². The van der Waals surface area contributed by atoms with E-state index in [4.69, 9.17) is 11.6 Å². The number of anilines is 1. The van der Waals surface area contributed by atoms with E-state index < -0.39 is 15.8 Å². The van der Waals surface area contributed by atoms with E-state index in [1.165, 1.54) is 29.5 Å². The number of fused-ring (bicyclic) bond motifs is 1. The zero-order chi connectivity index (χ0) is 19.0. The Morgan fingerprint density at radius 1 is 1.19 bits per heavy atom. The first-order valence-electron chi connectivity index (χ1n) is 7.77. The molecule has 0 amide bonds. The largest absolute Gasteiger partial charge is 0.349 e. The van der Waals surface area contributed by atoms with Crippen LogP contribution in [-0.2, 0) is 16.6 Å². The average molecular weight is 423 g/mol. The van der Waals surface area contributed by atoms with Gasteiger partial charge < -0.3 is 10.6 Å². The number of hydrogen-bond donors (Lipinski definition) is 2. The molecule has 0 saturated carbocycles. The molecule has 0 atom stereocenters. The fourth-order valence-electron chi connectivity index (χ4n) is 2.70. The van der Waals surface area contributed by atoms with Gasteiger partial charge in [0.1, 0.15) is 15.7 Å². The van der Waals surface area contributed by atoms with Gasteiger partial charge in [-0.25, -0.2) is 9.37 Å². The zero-order valence-corrected chi connectivity index (χ0v) is 16.0. The van der Waals surface area contributed by atoms with Gasteiger partial charge in [0.25, 0.3) is 10.0 Å². The van der Waals surface area contributed by atoms with Crippen molar-refractivity contribution in [2.45, 2.75) is 11.4 Å². The molecule has 3 aromatic rings. The highest BCUT2D eigenvalue weighted by Gasteiger charge is 2.28. The molecule has 0 fully saturated rings. The summed E-state index contributed by atoms with van der Waals surface area (Å²) in [6.07, 6.45) is 1.66. The standard InChI is InChI=1S/C17H12ClFN4O2S2/c18-15-10(3-1-5-12(15)19)11-4-2-6-13-16(11)22-17(23-27(13,24)25)21-9-14-20-7-8-26-14/h1-8H,9H2,(H2,21,22,23). The van der Waals surface area contributed by atoms with Crippen LogP contribution in [0.15, 0.2) is 57.3 Å². The first-order valence-corrected chi connectivity index (χ1v) is 10.5. The summed E-state index contributed by atoms with van der Waals surface area (Å²) in [5.74, 6) is -0.515. The molecule has 27 heavy (non-hydrogen) atoms. The number of halogens is 2. The summed E-state index contributed by atoms with van der Waals surface area (Å²) in [7, 11) is -3.93. The lowest BCUT2D eigenvalue weighted by Crippen LogP contribution is -2.34. The van der Waals surface area contributed by atoms with Gasteiger partial charge in [-0.1, -0.05) is 35.9 Å². The van der Waals surface area contributed by atoms with Gasteiger partial charge in [0, 0.05) is 22.7 Å². The van der Waals surface area contributed by atoms with E-state index in [9.17, 15) is 12.8 Å². The summed E-state index contributed by atoms with van der Waals surface area (Å²) >= 11 is 7.54. The number of aromatic nitrogens is 1. The van der Waals surface area contributed by atoms with E-state index in [2.05, 4.69) is 20.0 Å². The van der Waals surface area contributed by atoms with Crippen molar-refractivity contribution in [2.75, 3.05) is 5.32 Å². The number of hydrogen-bond acceptors (Lipinski definition) is 6. The maximum absolute atomic E-state index is 13.9. The maximum Gasteiger partial charge on any atom is 0.287 e. The van der Waals surface area contributed by atoms with Crippen LogP contribution < -0.4 is 10.6 Å². The Kier molecular flexibility index (Phi) is 4.58. The van der Waals surface area contributed by atoms with Crippen LogP contribution in [-0.4, -0.2) is 19.4 Å². The van der Waals surface area contributed by atoms with Crippen LogP contribution in [0.4, 0.5) is 10.1 Å². The van der Waals surface area contributed by atoms with Gasteiger partial charge in [-0.05, 0) is 12.1 Å². The summed E-state index contributed by atoms with van der Waals surface area (Å²) in [5.41, 5.74) is 1.14. The molecule has 2 aromatic carbocycles. The monoisotopic (exact) mass is 422 g/mol. The topological polar surface area (TPSA) is 83.5 Å². The molecule has 0 bridgehead atoms. The normalized spacial score (nSPS) is 14.8. The number of para-hydroxylation sites is 1. The third-order valence-corrected chi connectivity index (χ3v) is 6.37. The highest BCUT2D eigenvalue weighted by molar-refractivity contribution is 7.90. The van der Waals surface area contributed by atoms with Crippen molar-refractivity contribution in [1.82, 2.24) is 10.3 Å². The number of nitrogens with one attached hydrogen (secondary N) is 2. The van der Waals surface area contributed by atoms with Gasteiger partial charge in [0.15, 0.2) is 0 Å². The van der Waals surface area contributed by atoms with Crippen molar-refractivity contribution in [3.05, 3.63) is 63.8 Å². The Bertz CT molecular complexity index is 1150. The zero-order valence-electron chi connectivity index (χ0n) is 13.6. The molecule has 0 saturated heterocycles. The number of rotatable bonds is 3. The van der Waals surface area contributed by atoms with Gasteiger partial charge in [0.05, 0.1) is 17.3 Å². The quantitative estimate of drug-likeness (QED) is 0.669. The first-order chi connectivity index (χ1) is 13.0. The SMILES string of the molecule is O=S1(=O)N=C(NCc2nccs2)Nc2c(-c3cccc(F)c3Cl)cccc21. The Hall–Kier alpha value is -2.49. The van der Waals surface area contributed by atoms with Crippen LogP contribution in [0.5, 0.6) is 0 Å². The molecular weight excluding hydrogens is 411 g/mol. The highest BCUT2D eigenvalue weighted by atomic mass is 35.5. The number of thiazole rings is 1. The summed E-state index contributed by atoms with van der Waals surface area (Å²) < 4.78 is 42.8. The van der Waals surface area contributed by atoms with Crippen LogP contribution in [0, 0.1) is 5.82 Å². The maximum atomic E-state index is 13.9. The second kappa shape index (κ2) is 6.91. The number of guanidine groups is 1. The average Bonchev–Trinajstić information content (AvgIpc) is 3.15. The second-order valence-corrected chi connectivity index (χ2v) is 8.53. The Balaban J connectivity index is 1.76. The third kappa shape index (κ3) is 3.41. The van der Waals surface area contributed by atoms with Crippen molar-refractivity contribution < 1.29 is 12.8 Å². The van der Waals surface area contributed by atoms with Crippen LogP contribution in [0.3, 0.4) is 0 Å². The molecule has 138 valence electrons. The summed E-state index contributed by atoms with van der Waals surface area (Å²) in [6, 6.07) is 9.07. The first kappa shape index (κ1) is 17.9. The van der Waals surface area contributed by atoms with Crippen molar-refractivity contribution >= 4 is 44.6 Å². The molecule has 2 heterocycles. The number of nitrogens with zero attached hydrogens (tertiary/aromatic N) is 2. The van der Waals surface area contributed by atoms with Gasteiger partial charge in [-0.3, -0.25) is 0 Å². The fraction of sp³-hybridized carbons (Fsp3) is 0.0588. The number of benzene rings is 2. The molecule has 0 radical (unpaired) electrons. The second-order valence-electron chi connectivity index (χ2n) is 5.60. The smallest absolute Gasteiger partial charge is 0.287 e. The lowest BCUT2D eigenvalue weighted by Gasteiger charge is -2.22. The van der Waals surface area contributed by atoms with Crippen LogP contribution >= 0.6 is 22.9 Å². The Labute approximate surface area is 163 Å². The Morgan fingerprint density at radius 3 is 2.74 bits per heavy atom. The van der Waals surface area contributed by atoms with E-state index in [0.29, 0.717) is 23.4 Å². The van der Waals surface area contributed by atoms with Crippen molar-refractivity contribution in [1.29, 1.82) is 0 Å². The molecule has 0 spiro atoms. The Morgan fingerprint density at radius 2 is 1.96 bits per heavy atom. The van der Waals surface area contributed by atoms with E-state index in [0.717, 1.165) is 5.01 Å². The lowest BCUT2D eigenvalue weighted by atomic mass is 10.0. The molecule has 0 unspecified atom stereocenters. The van der Waals surface area contributed by atoms with E-state index in [-0.39, 0.29) is 15.9 Å². The fourth-order valence-corrected chi connectivity index (χ4v) is 4.60. The molecule has 10 heteroatoms. The lowest BCUT2D eigenvalue weighted by molar-refractivity contribution is 0.597. The minimum absolute atomic E-state index is 0.000117. The molecule has 1 aliphatic rings. The van der Waals surface area contributed by atoms with Gasteiger partial charge in [-0.15, -0.1) is 15.7 Å². The highest BCUT2D eigenvalue weighted by Crippen LogP contribution is 2.39. The summed E-state index contributed by atoms with van der Waals surface area (Å²) in [6.45, 7) is 0.317. The van der Waals surface area contributed by atoms with Crippen molar-refractivity contribution in [3.8, 4) is 11.1 Å². The molecule has 6 nitrogen and oxygen atoms in total. The molecule has 1 aliphatic heterocycles. The molecule has 0 aliphatic carbocycles. The minimum Gasteiger partial charge on any atom is -0.349 e. The molecule has 1 aromatic heterocycles. The van der Waals surface area contributed by atoms with Gasteiger partial charge in [0.2, 0.25) is 5.96 Å². The van der Waals surface area contributed by atoms with Crippen LogP contribution in [0.25, 0.3) is 11.1 Å². The van der Waals surface area contributed by atoms with E-state index >= 15 is 0 Å². The predicted octanol–water partition coefficient (Wildman–Crippen LogP) is 3.86. The van der Waals surface area contributed by atoms with E-state index in [1.54, 1.807) is 24.4 Å². The molecular formula is C17H12ClFN4O2S2. The molecule has 2 N–H and O–H groups in total. The summed E-state index contributed by atoms with van der Waals surface area (Å²) in [5, 5.41) is 8.44. The molecule has 4 rings (SSSR count). The van der Waals surface area contributed by atoms with Crippen LogP contribution in [0.2, 0.25) is 5.02 Å². The van der Waals surface area contributed by atoms with Gasteiger partial charge >= 0.3 is 0 Å².